The molecule has 3 nitrogen and oxygen atoms in total. The number of nitrogens with zero attached hydrogens (tertiary/aromatic N) is 1. The summed E-state index contributed by atoms with van der Waals surface area (Å²) in [6.07, 6.45) is 0.292. The Kier molecular flexibility index (Phi) is 5.47. The lowest BCUT2D eigenvalue weighted by Crippen LogP contribution is -2.48. The fourth-order valence-corrected chi connectivity index (χ4v) is 2.94. The van der Waals surface area contributed by atoms with Crippen molar-refractivity contribution in [2.24, 2.45) is 0 Å². The van der Waals surface area contributed by atoms with Crippen molar-refractivity contribution in [2.45, 2.75) is 52.4 Å². The number of rotatable bonds is 4. The van der Waals surface area contributed by atoms with Gasteiger partial charge in [0.25, 0.3) is 0 Å². The summed E-state index contributed by atoms with van der Waals surface area (Å²) in [5.41, 5.74) is 2.66. The van der Waals surface area contributed by atoms with Crippen molar-refractivity contribution in [3.05, 3.63) is 28.2 Å². The first-order chi connectivity index (χ1) is 9.47. The predicted octanol–water partition coefficient (Wildman–Crippen LogP) is 3.56. The van der Waals surface area contributed by atoms with E-state index in [0.29, 0.717) is 18.2 Å². The van der Waals surface area contributed by atoms with Gasteiger partial charge in [0, 0.05) is 35.3 Å². The quantitative estimate of drug-likeness (QED) is 0.906. The van der Waals surface area contributed by atoms with Crippen LogP contribution in [0.1, 0.15) is 33.3 Å². The number of morpholine rings is 1. The van der Waals surface area contributed by atoms with Crippen LogP contribution in [0.15, 0.2) is 22.7 Å². The van der Waals surface area contributed by atoms with Crippen molar-refractivity contribution in [1.29, 1.82) is 0 Å². The maximum Gasteiger partial charge on any atom is 0.0723 e. The molecule has 0 radical (unpaired) electrons. The molecule has 1 aromatic carbocycles. The van der Waals surface area contributed by atoms with Crippen molar-refractivity contribution >= 4 is 21.6 Å². The van der Waals surface area contributed by atoms with Gasteiger partial charge < -0.3 is 15.0 Å². The van der Waals surface area contributed by atoms with Crippen LogP contribution in [0.3, 0.4) is 0 Å². The Morgan fingerprint density at radius 2 is 2.15 bits per heavy atom. The summed E-state index contributed by atoms with van der Waals surface area (Å²) in [5.74, 6) is 0. The maximum absolute atomic E-state index is 5.74. The molecule has 20 heavy (non-hydrogen) atoms. The van der Waals surface area contributed by atoms with E-state index in [2.05, 4.69) is 72.0 Å². The fraction of sp³-hybridized carbons (Fsp3) is 0.625. The Labute approximate surface area is 130 Å². The average molecular weight is 341 g/mol. The minimum Gasteiger partial charge on any atom is -0.375 e. The predicted molar refractivity (Wildman–Crippen MR) is 88.3 cm³/mol. The summed E-state index contributed by atoms with van der Waals surface area (Å²) in [5, 5.41) is 3.52. The average Bonchev–Trinajstić information content (AvgIpc) is 2.39. The summed E-state index contributed by atoms with van der Waals surface area (Å²) in [6.45, 7) is 11.4. The van der Waals surface area contributed by atoms with Gasteiger partial charge in [0.05, 0.1) is 12.7 Å². The molecular weight excluding hydrogens is 316 g/mol. The lowest BCUT2D eigenvalue weighted by molar-refractivity contribution is 0.0343. The molecule has 2 unspecified atom stereocenters. The van der Waals surface area contributed by atoms with Gasteiger partial charge in [-0.05, 0) is 37.6 Å². The SMILES string of the molecule is CC(C)NCc1cc(Br)ccc1N1CC(C)OCC1C. The third-order valence-corrected chi connectivity index (χ3v) is 4.15. The van der Waals surface area contributed by atoms with Crippen molar-refractivity contribution < 1.29 is 4.74 Å². The number of hydrogen-bond donors (Lipinski definition) is 1. The van der Waals surface area contributed by atoms with Gasteiger partial charge in [-0.15, -0.1) is 0 Å². The van der Waals surface area contributed by atoms with Crippen LogP contribution < -0.4 is 10.2 Å². The summed E-state index contributed by atoms with van der Waals surface area (Å²) in [4.78, 5) is 2.47. The Morgan fingerprint density at radius 3 is 2.85 bits per heavy atom. The Morgan fingerprint density at radius 1 is 1.40 bits per heavy atom. The third-order valence-electron chi connectivity index (χ3n) is 3.66. The lowest BCUT2D eigenvalue weighted by atomic mass is 10.1. The van der Waals surface area contributed by atoms with E-state index in [-0.39, 0.29) is 0 Å². The highest BCUT2D eigenvalue weighted by Crippen LogP contribution is 2.28. The van der Waals surface area contributed by atoms with Crippen LogP contribution in [0.2, 0.25) is 0 Å². The molecule has 2 atom stereocenters. The van der Waals surface area contributed by atoms with Crippen LogP contribution in [-0.4, -0.2) is 31.3 Å². The highest BCUT2D eigenvalue weighted by atomic mass is 79.9. The van der Waals surface area contributed by atoms with Crippen LogP contribution in [0, 0.1) is 0 Å². The number of ether oxygens (including phenoxy) is 1. The first-order valence-corrected chi connectivity index (χ1v) is 8.16. The second-order valence-electron chi connectivity index (χ2n) is 5.95. The number of nitrogens with one attached hydrogen (secondary N) is 1. The number of hydrogen-bond acceptors (Lipinski definition) is 3. The minimum atomic E-state index is 0.292. The van der Waals surface area contributed by atoms with Gasteiger partial charge in [0.2, 0.25) is 0 Å². The topological polar surface area (TPSA) is 24.5 Å². The van der Waals surface area contributed by atoms with E-state index in [1.54, 1.807) is 0 Å². The molecule has 1 fully saturated rings. The molecule has 112 valence electrons. The zero-order valence-electron chi connectivity index (χ0n) is 12.8. The van der Waals surface area contributed by atoms with Crippen LogP contribution in [-0.2, 0) is 11.3 Å². The molecule has 0 amide bonds. The van der Waals surface area contributed by atoms with E-state index in [1.165, 1.54) is 11.3 Å². The fourth-order valence-electron chi connectivity index (χ4n) is 2.53. The maximum atomic E-state index is 5.74. The van der Waals surface area contributed by atoms with Gasteiger partial charge in [-0.3, -0.25) is 0 Å². The first kappa shape index (κ1) is 15.8. The molecule has 0 aromatic heterocycles. The van der Waals surface area contributed by atoms with E-state index in [4.69, 9.17) is 4.74 Å². The van der Waals surface area contributed by atoms with Crippen LogP contribution in [0.25, 0.3) is 0 Å². The second kappa shape index (κ2) is 6.92. The molecule has 0 bridgehead atoms. The molecule has 1 heterocycles. The Bertz CT molecular complexity index is 450. The van der Waals surface area contributed by atoms with E-state index >= 15 is 0 Å². The van der Waals surface area contributed by atoms with Crippen molar-refractivity contribution in [3.63, 3.8) is 0 Å². The third kappa shape index (κ3) is 3.96. The highest BCUT2D eigenvalue weighted by Gasteiger charge is 2.25. The van der Waals surface area contributed by atoms with Crippen LogP contribution >= 0.6 is 15.9 Å². The summed E-state index contributed by atoms with van der Waals surface area (Å²) >= 11 is 3.58. The summed E-state index contributed by atoms with van der Waals surface area (Å²) in [7, 11) is 0. The van der Waals surface area contributed by atoms with Gasteiger partial charge in [0.15, 0.2) is 0 Å². The van der Waals surface area contributed by atoms with Gasteiger partial charge in [-0.1, -0.05) is 29.8 Å². The number of halogens is 1. The van der Waals surface area contributed by atoms with Crippen LogP contribution in [0.4, 0.5) is 5.69 Å². The van der Waals surface area contributed by atoms with E-state index < -0.39 is 0 Å². The van der Waals surface area contributed by atoms with Crippen molar-refractivity contribution in [3.8, 4) is 0 Å². The largest absolute Gasteiger partial charge is 0.375 e. The van der Waals surface area contributed by atoms with Gasteiger partial charge in [-0.25, -0.2) is 0 Å². The molecule has 1 saturated heterocycles. The Balaban J connectivity index is 2.24. The van der Waals surface area contributed by atoms with Crippen LogP contribution in [0.5, 0.6) is 0 Å². The number of benzene rings is 1. The lowest BCUT2D eigenvalue weighted by Gasteiger charge is -2.39. The minimum absolute atomic E-state index is 0.292. The van der Waals surface area contributed by atoms with Gasteiger partial charge >= 0.3 is 0 Å². The molecule has 1 aliphatic heterocycles. The highest BCUT2D eigenvalue weighted by molar-refractivity contribution is 9.10. The summed E-state index contributed by atoms with van der Waals surface area (Å²) < 4.78 is 6.87. The van der Waals surface area contributed by atoms with E-state index in [9.17, 15) is 0 Å². The summed E-state index contributed by atoms with van der Waals surface area (Å²) in [6, 6.07) is 7.47. The molecule has 1 aromatic rings. The molecule has 0 aliphatic carbocycles. The van der Waals surface area contributed by atoms with Gasteiger partial charge in [0.1, 0.15) is 0 Å². The number of anilines is 1. The van der Waals surface area contributed by atoms with Gasteiger partial charge in [-0.2, -0.15) is 0 Å². The van der Waals surface area contributed by atoms with E-state index in [0.717, 1.165) is 24.2 Å². The molecular formula is C16H25BrN2O. The Hall–Kier alpha value is -0.580. The zero-order chi connectivity index (χ0) is 14.7. The standard InChI is InChI=1S/C16H25BrN2O/c1-11(2)18-8-14-7-15(17)5-6-16(14)19-9-13(4)20-10-12(19)3/h5-7,11-13,18H,8-10H2,1-4H3. The van der Waals surface area contributed by atoms with E-state index in [1.807, 2.05) is 0 Å². The monoisotopic (exact) mass is 340 g/mol. The first-order valence-electron chi connectivity index (χ1n) is 7.37. The van der Waals surface area contributed by atoms with Crippen molar-refractivity contribution in [1.82, 2.24) is 5.32 Å². The smallest absolute Gasteiger partial charge is 0.0723 e. The molecule has 0 spiro atoms. The molecule has 1 aliphatic rings. The molecule has 2 rings (SSSR count). The molecule has 0 saturated carbocycles. The van der Waals surface area contributed by atoms with Crippen molar-refractivity contribution in [2.75, 3.05) is 18.1 Å². The normalized spacial score (nSPS) is 23.4. The molecule has 4 heteroatoms. The zero-order valence-corrected chi connectivity index (χ0v) is 14.4. The molecule has 1 N–H and O–H groups in total. The second-order valence-corrected chi connectivity index (χ2v) is 6.87.